The molecule has 1 N–H and O–H groups in total. The molecule has 56 valence electrons. The predicted molar refractivity (Wildman–Crippen MR) is 49.1 cm³/mol. The molecule has 0 aliphatic heterocycles. The summed E-state index contributed by atoms with van der Waals surface area (Å²) in [6.07, 6.45) is 3.59. The number of thioether (sulfide) groups is 1. The summed E-state index contributed by atoms with van der Waals surface area (Å²) in [6.45, 7) is 1.81. The zero-order valence-electron chi connectivity index (χ0n) is 5.88. The third kappa shape index (κ3) is 2.98. The van der Waals surface area contributed by atoms with Gasteiger partial charge in [0, 0.05) is 0 Å². The Bertz CT molecular complexity index is 165. The van der Waals surface area contributed by atoms with Crippen molar-refractivity contribution < 1.29 is 4.79 Å². The van der Waals surface area contributed by atoms with Gasteiger partial charge in [0.15, 0.2) is 0 Å². The summed E-state index contributed by atoms with van der Waals surface area (Å²) in [5.41, 5.74) is 1.21. The van der Waals surface area contributed by atoms with Crippen LogP contribution in [0.5, 0.6) is 0 Å². The van der Waals surface area contributed by atoms with Crippen LogP contribution in [0.2, 0.25) is 0 Å². The molecule has 0 aromatic carbocycles. The fourth-order valence-corrected chi connectivity index (χ4v) is 1.05. The van der Waals surface area contributed by atoms with Crippen LogP contribution in [0, 0.1) is 0 Å². The van der Waals surface area contributed by atoms with Crippen molar-refractivity contribution in [2.24, 2.45) is 0 Å². The number of hydrogen-bond acceptors (Lipinski definition) is 3. The molecule has 10 heavy (non-hydrogen) atoms. The molecule has 0 aliphatic rings. The number of hydrogen-bond donors (Lipinski definition) is 1. The maximum absolute atomic E-state index is 10.9. The molecule has 4 heteroatoms. The number of thiocarbonyl (C=S) groups is 1. The van der Waals surface area contributed by atoms with Gasteiger partial charge >= 0.3 is 0 Å². The number of carbonyl (C=O) groups is 1. The van der Waals surface area contributed by atoms with Crippen molar-refractivity contribution in [2.75, 3.05) is 6.26 Å². The van der Waals surface area contributed by atoms with Crippen molar-refractivity contribution in [3.63, 3.8) is 0 Å². The van der Waals surface area contributed by atoms with Crippen LogP contribution in [0.3, 0.4) is 0 Å². The van der Waals surface area contributed by atoms with Gasteiger partial charge in [-0.15, -0.1) is 11.8 Å². The third-order valence-corrected chi connectivity index (χ3v) is 1.87. The molecule has 0 spiro atoms. The zero-order chi connectivity index (χ0) is 7.98. The standard InChI is InChI=1S/C6H9NOS2/c1-3-5(10-2)6(8)7-4-9/h3-4H,1-2H3,(H,7,8,9)/b5-3-. The van der Waals surface area contributed by atoms with Crippen molar-refractivity contribution in [2.45, 2.75) is 6.92 Å². The van der Waals surface area contributed by atoms with E-state index in [1.807, 2.05) is 13.2 Å². The smallest absolute Gasteiger partial charge is 0.261 e. The van der Waals surface area contributed by atoms with Gasteiger partial charge in [-0.2, -0.15) is 0 Å². The lowest BCUT2D eigenvalue weighted by molar-refractivity contribution is -0.115. The maximum atomic E-state index is 10.9. The number of nitrogens with one attached hydrogen (secondary N) is 1. The van der Waals surface area contributed by atoms with E-state index in [4.69, 9.17) is 0 Å². The Balaban J connectivity index is 4.03. The van der Waals surface area contributed by atoms with E-state index in [0.717, 1.165) is 0 Å². The van der Waals surface area contributed by atoms with E-state index in [9.17, 15) is 4.79 Å². The molecule has 0 saturated carbocycles. The second-order valence-corrected chi connectivity index (χ2v) is 2.53. The Hall–Kier alpha value is -0.350. The predicted octanol–water partition coefficient (Wildman–Crippen LogP) is 1.33. The highest BCUT2D eigenvalue weighted by Crippen LogP contribution is 2.09. The van der Waals surface area contributed by atoms with Gasteiger partial charge < -0.3 is 5.32 Å². The number of allylic oxidation sites excluding steroid dienone is 1. The minimum Gasteiger partial charge on any atom is -0.319 e. The summed E-state index contributed by atoms with van der Waals surface area (Å²) in [7, 11) is 0. The number of carbonyl (C=O) groups excluding carboxylic acids is 1. The summed E-state index contributed by atoms with van der Waals surface area (Å²) >= 11 is 5.85. The Morgan fingerprint density at radius 1 is 1.70 bits per heavy atom. The van der Waals surface area contributed by atoms with Gasteiger partial charge in [0.1, 0.15) is 0 Å². The molecule has 2 nitrogen and oxygen atoms in total. The summed E-state index contributed by atoms with van der Waals surface area (Å²) < 4.78 is 0. The van der Waals surface area contributed by atoms with Gasteiger partial charge in [-0.25, -0.2) is 0 Å². The van der Waals surface area contributed by atoms with Crippen LogP contribution in [0.4, 0.5) is 0 Å². The Morgan fingerprint density at radius 3 is 2.60 bits per heavy atom. The molecule has 0 rings (SSSR count). The molecule has 0 aliphatic carbocycles. The van der Waals surface area contributed by atoms with Crippen LogP contribution in [-0.2, 0) is 4.79 Å². The molecular formula is C6H9NOS2. The average Bonchev–Trinajstić information content (AvgIpc) is 1.91. The fourth-order valence-electron chi connectivity index (χ4n) is 0.466. The summed E-state index contributed by atoms with van der Waals surface area (Å²) in [4.78, 5) is 11.6. The normalized spacial score (nSPS) is 10.8. The molecule has 0 unspecified atom stereocenters. The summed E-state index contributed by atoms with van der Waals surface area (Å²) in [6, 6.07) is 0. The van der Waals surface area contributed by atoms with Gasteiger partial charge in [0.25, 0.3) is 5.91 Å². The van der Waals surface area contributed by atoms with Gasteiger partial charge in [-0.3, -0.25) is 4.79 Å². The molecule has 0 saturated heterocycles. The topological polar surface area (TPSA) is 29.1 Å². The highest BCUT2D eigenvalue weighted by atomic mass is 32.2. The quantitative estimate of drug-likeness (QED) is 0.518. The van der Waals surface area contributed by atoms with Crippen LogP contribution < -0.4 is 5.32 Å². The lowest BCUT2D eigenvalue weighted by atomic mass is 10.5. The zero-order valence-corrected chi connectivity index (χ0v) is 7.51. The first-order chi connectivity index (χ1) is 4.76. The van der Waals surface area contributed by atoms with Gasteiger partial charge in [-0.1, -0.05) is 18.3 Å². The Morgan fingerprint density at radius 2 is 2.30 bits per heavy atom. The molecular weight excluding hydrogens is 166 g/mol. The summed E-state index contributed by atoms with van der Waals surface area (Å²) in [5.74, 6) is -0.134. The van der Waals surface area contributed by atoms with Crippen molar-refractivity contribution in [3.05, 3.63) is 11.0 Å². The van der Waals surface area contributed by atoms with E-state index < -0.39 is 0 Å². The minimum atomic E-state index is -0.134. The SMILES string of the molecule is C/C=C(\SC)C(=O)NC=S. The first-order valence-electron chi connectivity index (χ1n) is 2.71. The highest BCUT2D eigenvalue weighted by molar-refractivity contribution is 8.03. The molecule has 0 radical (unpaired) electrons. The summed E-state index contributed by atoms with van der Waals surface area (Å²) in [5, 5.41) is 2.41. The molecule has 0 aromatic heterocycles. The van der Waals surface area contributed by atoms with E-state index in [1.165, 1.54) is 17.3 Å². The van der Waals surface area contributed by atoms with Crippen LogP contribution in [0.15, 0.2) is 11.0 Å². The van der Waals surface area contributed by atoms with Crippen molar-refractivity contribution in [1.82, 2.24) is 5.32 Å². The molecule has 0 fully saturated rings. The van der Waals surface area contributed by atoms with Gasteiger partial charge in [-0.05, 0) is 13.2 Å². The Labute approximate surface area is 70.1 Å². The van der Waals surface area contributed by atoms with Gasteiger partial charge in [0.2, 0.25) is 0 Å². The molecule has 0 aromatic rings. The van der Waals surface area contributed by atoms with Crippen LogP contribution >= 0.6 is 24.0 Å². The van der Waals surface area contributed by atoms with E-state index in [0.29, 0.717) is 4.91 Å². The lowest BCUT2D eigenvalue weighted by Gasteiger charge is -1.98. The average molecular weight is 175 g/mol. The van der Waals surface area contributed by atoms with Gasteiger partial charge in [0.05, 0.1) is 10.4 Å². The second-order valence-electron chi connectivity index (χ2n) is 1.45. The first kappa shape index (κ1) is 9.65. The van der Waals surface area contributed by atoms with Crippen molar-refractivity contribution in [3.8, 4) is 0 Å². The largest absolute Gasteiger partial charge is 0.319 e. The fraction of sp³-hybridized carbons (Fsp3) is 0.333. The molecule has 0 heterocycles. The van der Waals surface area contributed by atoms with E-state index in [2.05, 4.69) is 17.5 Å². The number of rotatable bonds is 3. The van der Waals surface area contributed by atoms with Crippen molar-refractivity contribution >= 4 is 35.4 Å². The number of amides is 1. The van der Waals surface area contributed by atoms with E-state index >= 15 is 0 Å². The van der Waals surface area contributed by atoms with E-state index in [1.54, 1.807) is 6.08 Å². The molecule has 0 bridgehead atoms. The highest BCUT2D eigenvalue weighted by Gasteiger charge is 2.02. The Kier molecular flexibility index (Phi) is 5.25. The van der Waals surface area contributed by atoms with Crippen LogP contribution in [-0.4, -0.2) is 17.7 Å². The van der Waals surface area contributed by atoms with E-state index in [-0.39, 0.29) is 5.91 Å². The third-order valence-electron chi connectivity index (χ3n) is 0.896. The monoisotopic (exact) mass is 175 g/mol. The molecule has 0 atom stereocenters. The lowest BCUT2D eigenvalue weighted by Crippen LogP contribution is -2.20. The minimum absolute atomic E-state index is 0.134. The van der Waals surface area contributed by atoms with Crippen molar-refractivity contribution in [1.29, 1.82) is 0 Å². The molecule has 1 amide bonds. The first-order valence-corrected chi connectivity index (χ1v) is 4.40. The van der Waals surface area contributed by atoms with Crippen LogP contribution in [0.1, 0.15) is 6.92 Å². The maximum Gasteiger partial charge on any atom is 0.261 e. The second kappa shape index (κ2) is 5.44. The van der Waals surface area contributed by atoms with Crippen LogP contribution in [0.25, 0.3) is 0 Å².